The van der Waals surface area contributed by atoms with Crippen molar-refractivity contribution in [1.82, 2.24) is 0 Å². The first-order valence-corrected chi connectivity index (χ1v) is 9.49. The van der Waals surface area contributed by atoms with E-state index in [2.05, 4.69) is 12.1 Å². The van der Waals surface area contributed by atoms with Crippen molar-refractivity contribution in [3.8, 4) is 5.75 Å². The average Bonchev–Trinajstić information content (AvgIpc) is 2.73. The lowest BCUT2D eigenvalue weighted by molar-refractivity contribution is 0.0733. The second-order valence-corrected chi connectivity index (χ2v) is 6.94. The third kappa shape index (κ3) is 4.27. The molecule has 0 bridgehead atoms. The number of benzene rings is 3. The molecule has 1 heterocycles. The molecule has 4 heteroatoms. The molecule has 144 valence electrons. The van der Waals surface area contributed by atoms with Crippen molar-refractivity contribution in [2.75, 3.05) is 0 Å². The molecule has 0 aliphatic rings. The Balaban J connectivity index is 1.56. The lowest BCUT2D eigenvalue weighted by atomic mass is 10.00. The third-order valence-electron chi connectivity index (χ3n) is 4.90. The fourth-order valence-corrected chi connectivity index (χ4v) is 3.39. The van der Waals surface area contributed by atoms with Gasteiger partial charge in [0.25, 0.3) is 0 Å². The van der Waals surface area contributed by atoms with E-state index in [1.165, 1.54) is 11.6 Å². The van der Waals surface area contributed by atoms with Crippen LogP contribution in [0.3, 0.4) is 0 Å². The lowest BCUT2D eigenvalue weighted by Gasteiger charge is -2.10. The number of ether oxygens (including phenoxy) is 1. The largest absolute Gasteiger partial charge is 0.423 e. The van der Waals surface area contributed by atoms with Gasteiger partial charge in [-0.15, -0.1) is 0 Å². The van der Waals surface area contributed by atoms with Gasteiger partial charge in [0.1, 0.15) is 11.3 Å². The van der Waals surface area contributed by atoms with Crippen molar-refractivity contribution in [2.24, 2.45) is 0 Å². The maximum Gasteiger partial charge on any atom is 0.343 e. The van der Waals surface area contributed by atoms with E-state index in [0.717, 1.165) is 29.4 Å². The van der Waals surface area contributed by atoms with Crippen molar-refractivity contribution < 1.29 is 13.9 Å². The van der Waals surface area contributed by atoms with E-state index in [1.807, 2.05) is 43.3 Å². The van der Waals surface area contributed by atoms with Gasteiger partial charge in [-0.3, -0.25) is 0 Å². The van der Waals surface area contributed by atoms with Crippen LogP contribution in [-0.4, -0.2) is 5.97 Å². The predicted molar refractivity (Wildman–Crippen MR) is 112 cm³/mol. The van der Waals surface area contributed by atoms with Crippen LogP contribution in [0.25, 0.3) is 11.0 Å². The summed E-state index contributed by atoms with van der Waals surface area (Å²) in [6.07, 6.45) is 1.58. The van der Waals surface area contributed by atoms with Crippen LogP contribution in [-0.2, 0) is 12.8 Å². The molecule has 0 atom stereocenters. The van der Waals surface area contributed by atoms with Gasteiger partial charge in [0.15, 0.2) is 0 Å². The number of esters is 1. The van der Waals surface area contributed by atoms with Gasteiger partial charge in [0, 0.05) is 17.5 Å². The normalized spacial score (nSPS) is 10.8. The Kier molecular flexibility index (Phi) is 5.25. The molecule has 4 nitrogen and oxygen atoms in total. The molecule has 29 heavy (non-hydrogen) atoms. The summed E-state index contributed by atoms with van der Waals surface area (Å²) in [5, 5.41) is 0.813. The number of hydrogen-bond donors (Lipinski definition) is 0. The number of carbonyl (C=O) groups is 1. The zero-order chi connectivity index (χ0) is 20.2. The van der Waals surface area contributed by atoms with Crippen LogP contribution < -0.4 is 10.4 Å². The molecule has 1 aromatic heterocycles. The first-order valence-electron chi connectivity index (χ1n) is 9.49. The van der Waals surface area contributed by atoms with Crippen LogP contribution in [0.5, 0.6) is 5.75 Å². The standard InChI is InChI=1S/C25H20O4/c1-17-15-24(26)29-23-16-20(13-14-21(17)23)28-25(27)22-10-6-5-9-19(22)12-11-18-7-3-2-4-8-18/h2-10,13-16H,11-12H2,1H3. The molecule has 3 aromatic carbocycles. The van der Waals surface area contributed by atoms with Gasteiger partial charge in [0.05, 0.1) is 5.56 Å². The first-order chi connectivity index (χ1) is 14.1. The Morgan fingerprint density at radius 2 is 1.66 bits per heavy atom. The SMILES string of the molecule is Cc1cc(=O)oc2cc(OC(=O)c3ccccc3CCc3ccccc3)ccc12. The monoisotopic (exact) mass is 384 g/mol. The van der Waals surface area contributed by atoms with Crippen LogP contribution in [0.1, 0.15) is 27.0 Å². The average molecular weight is 384 g/mol. The lowest BCUT2D eigenvalue weighted by Crippen LogP contribution is -2.12. The molecular weight excluding hydrogens is 364 g/mol. The second kappa shape index (κ2) is 8.15. The molecular formula is C25H20O4. The smallest absolute Gasteiger partial charge is 0.343 e. The maximum absolute atomic E-state index is 12.8. The molecule has 4 aromatic rings. The van der Waals surface area contributed by atoms with Crippen molar-refractivity contribution in [2.45, 2.75) is 19.8 Å². The van der Waals surface area contributed by atoms with Crippen LogP contribution in [0.15, 0.2) is 88.1 Å². The molecule has 0 saturated heterocycles. The van der Waals surface area contributed by atoms with E-state index in [0.29, 0.717) is 16.9 Å². The van der Waals surface area contributed by atoms with Gasteiger partial charge in [-0.2, -0.15) is 0 Å². The van der Waals surface area contributed by atoms with Crippen LogP contribution in [0, 0.1) is 6.92 Å². The van der Waals surface area contributed by atoms with Gasteiger partial charge >= 0.3 is 11.6 Å². The summed E-state index contributed by atoms with van der Waals surface area (Å²) in [5.41, 5.74) is 3.48. The van der Waals surface area contributed by atoms with Gasteiger partial charge in [-0.05, 0) is 54.7 Å². The number of fused-ring (bicyclic) bond motifs is 1. The van der Waals surface area contributed by atoms with E-state index < -0.39 is 11.6 Å². The van der Waals surface area contributed by atoms with E-state index in [-0.39, 0.29) is 0 Å². The van der Waals surface area contributed by atoms with Gasteiger partial charge < -0.3 is 9.15 Å². The summed E-state index contributed by atoms with van der Waals surface area (Å²) in [6, 6.07) is 24.1. The maximum atomic E-state index is 12.8. The fourth-order valence-electron chi connectivity index (χ4n) is 3.39. The molecule has 4 rings (SSSR count). The van der Waals surface area contributed by atoms with Crippen molar-refractivity contribution >= 4 is 16.9 Å². The van der Waals surface area contributed by atoms with Gasteiger partial charge in [0.2, 0.25) is 0 Å². The second-order valence-electron chi connectivity index (χ2n) is 6.94. The Hall–Kier alpha value is -3.66. The van der Waals surface area contributed by atoms with Crippen molar-refractivity contribution in [1.29, 1.82) is 0 Å². The van der Waals surface area contributed by atoms with E-state index in [9.17, 15) is 9.59 Å². The Morgan fingerprint density at radius 3 is 2.48 bits per heavy atom. The highest BCUT2D eigenvalue weighted by molar-refractivity contribution is 5.93. The number of rotatable bonds is 5. The molecule has 0 N–H and O–H groups in total. The summed E-state index contributed by atoms with van der Waals surface area (Å²) in [7, 11) is 0. The minimum atomic E-state index is -0.428. The summed E-state index contributed by atoms with van der Waals surface area (Å²) in [6.45, 7) is 1.84. The highest BCUT2D eigenvalue weighted by atomic mass is 16.5. The third-order valence-corrected chi connectivity index (χ3v) is 4.90. The molecule has 0 radical (unpaired) electrons. The molecule has 0 amide bonds. The van der Waals surface area contributed by atoms with Crippen LogP contribution >= 0.6 is 0 Å². The Bertz CT molecular complexity index is 1220. The number of hydrogen-bond acceptors (Lipinski definition) is 4. The zero-order valence-electron chi connectivity index (χ0n) is 16.1. The fraction of sp³-hybridized carbons (Fsp3) is 0.120. The number of aryl methyl sites for hydroxylation is 3. The predicted octanol–water partition coefficient (Wildman–Crippen LogP) is 5.11. The van der Waals surface area contributed by atoms with Crippen molar-refractivity contribution in [3.63, 3.8) is 0 Å². The summed E-state index contributed by atoms with van der Waals surface area (Å²) >= 11 is 0. The first kappa shape index (κ1) is 18.7. The minimum Gasteiger partial charge on any atom is -0.423 e. The zero-order valence-corrected chi connectivity index (χ0v) is 16.1. The molecule has 0 saturated carbocycles. The van der Waals surface area contributed by atoms with Crippen LogP contribution in [0.4, 0.5) is 0 Å². The molecule has 0 aliphatic carbocycles. The Morgan fingerprint density at radius 1 is 0.897 bits per heavy atom. The quantitative estimate of drug-likeness (QED) is 0.273. The van der Waals surface area contributed by atoms with Gasteiger partial charge in [-0.1, -0.05) is 48.5 Å². The highest BCUT2D eigenvalue weighted by Crippen LogP contribution is 2.23. The Labute approximate surface area is 168 Å². The number of carbonyl (C=O) groups excluding carboxylic acids is 1. The molecule has 0 unspecified atom stereocenters. The highest BCUT2D eigenvalue weighted by Gasteiger charge is 2.14. The topological polar surface area (TPSA) is 56.5 Å². The molecule has 0 spiro atoms. The van der Waals surface area contributed by atoms with Crippen molar-refractivity contribution in [3.05, 3.63) is 112 Å². The van der Waals surface area contributed by atoms with E-state index in [4.69, 9.17) is 9.15 Å². The molecule has 0 aliphatic heterocycles. The molecule has 0 fully saturated rings. The summed E-state index contributed by atoms with van der Waals surface area (Å²) in [4.78, 5) is 24.4. The van der Waals surface area contributed by atoms with Crippen LogP contribution in [0.2, 0.25) is 0 Å². The van der Waals surface area contributed by atoms with E-state index in [1.54, 1.807) is 24.3 Å². The minimum absolute atomic E-state index is 0.342. The summed E-state index contributed by atoms with van der Waals surface area (Å²) < 4.78 is 10.8. The summed E-state index contributed by atoms with van der Waals surface area (Å²) in [5.74, 6) is -0.0860. The van der Waals surface area contributed by atoms with Gasteiger partial charge in [-0.25, -0.2) is 9.59 Å². The van der Waals surface area contributed by atoms with E-state index >= 15 is 0 Å².